The van der Waals surface area contributed by atoms with Crippen molar-refractivity contribution in [3.8, 4) is 11.5 Å². The monoisotopic (exact) mass is 381 g/mol. The molecule has 0 unspecified atom stereocenters. The number of benzene rings is 1. The van der Waals surface area contributed by atoms with E-state index in [-0.39, 0.29) is 23.6 Å². The zero-order valence-electron chi connectivity index (χ0n) is 15.2. The molecule has 2 N–H and O–H groups in total. The van der Waals surface area contributed by atoms with Gasteiger partial charge < -0.3 is 14.8 Å². The summed E-state index contributed by atoms with van der Waals surface area (Å²) in [5, 5.41) is 10.3. The van der Waals surface area contributed by atoms with Gasteiger partial charge >= 0.3 is 6.18 Å². The maximum Gasteiger partial charge on any atom is 0.451 e. The lowest BCUT2D eigenvalue weighted by atomic mass is 10.1. The van der Waals surface area contributed by atoms with E-state index in [1.54, 1.807) is 6.07 Å². The molecule has 2 heterocycles. The fraction of sp³-hybridized carbons (Fsp3) is 0.353. The minimum atomic E-state index is -4.68. The number of halogens is 3. The molecule has 0 bridgehead atoms. The molecule has 0 atom stereocenters. The maximum atomic E-state index is 13.2. The van der Waals surface area contributed by atoms with Gasteiger partial charge in [-0.25, -0.2) is 9.97 Å². The van der Waals surface area contributed by atoms with E-state index in [9.17, 15) is 13.2 Å². The Labute approximate surface area is 152 Å². The van der Waals surface area contributed by atoms with Crippen LogP contribution in [-0.4, -0.2) is 34.4 Å². The number of H-pyrrole nitrogens is 1. The van der Waals surface area contributed by atoms with Crippen molar-refractivity contribution >= 4 is 16.7 Å². The summed E-state index contributed by atoms with van der Waals surface area (Å²) >= 11 is 0. The van der Waals surface area contributed by atoms with Gasteiger partial charge in [0.25, 0.3) is 0 Å². The van der Waals surface area contributed by atoms with Crippen LogP contribution in [0.25, 0.3) is 10.9 Å². The molecule has 2 aromatic heterocycles. The molecule has 0 fully saturated rings. The van der Waals surface area contributed by atoms with Gasteiger partial charge in [-0.1, -0.05) is 0 Å². The van der Waals surface area contributed by atoms with Gasteiger partial charge in [-0.3, -0.25) is 5.10 Å². The molecule has 0 aliphatic heterocycles. The summed E-state index contributed by atoms with van der Waals surface area (Å²) < 4.78 is 50.1. The number of aromatic nitrogens is 4. The molecule has 0 aliphatic carbocycles. The van der Waals surface area contributed by atoms with E-state index in [4.69, 9.17) is 9.47 Å². The van der Waals surface area contributed by atoms with Crippen LogP contribution in [0.2, 0.25) is 0 Å². The lowest BCUT2D eigenvalue weighted by molar-refractivity contribution is -0.144. The Hall–Kier alpha value is -3.04. The highest BCUT2D eigenvalue weighted by Crippen LogP contribution is 2.36. The summed E-state index contributed by atoms with van der Waals surface area (Å²) in [6.45, 7) is 3.91. The number of aryl methyl sites for hydroxylation is 2. The molecule has 0 spiro atoms. The molecule has 0 amide bonds. The van der Waals surface area contributed by atoms with Crippen LogP contribution in [-0.2, 0) is 12.7 Å². The van der Waals surface area contributed by atoms with E-state index in [0.717, 1.165) is 17.0 Å². The molecular formula is C17H18F3N5O2. The molecular weight excluding hydrogens is 363 g/mol. The Morgan fingerprint density at radius 3 is 2.30 bits per heavy atom. The number of methoxy groups -OCH3 is 2. The van der Waals surface area contributed by atoms with Crippen LogP contribution in [0.1, 0.15) is 22.8 Å². The second-order valence-electron chi connectivity index (χ2n) is 5.88. The van der Waals surface area contributed by atoms with Gasteiger partial charge in [0.15, 0.2) is 11.5 Å². The summed E-state index contributed by atoms with van der Waals surface area (Å²) in [6.07, 6.45) is -4.68. The van der Waals surface area contributed by atoms with Crippen LogP contribution in [0.5, 0.6) is 11.5 Å². The van der Waals surface area contributed by atoms with Crippen LogP contribution < -0.4 is 14.8 Å². The van der Waals surface area contributed by atoms with Crippen molar-refractivity contribution in [1.82, 2.24) is 20.2 Å². The number of ether oxygens (including phenoxy) is 2. The molecule has 144 valence electrons. The molecule has 0 radical (unpaired) electrons. The number of anilines is 1. The number of nitrogens with zero attached hydrogens (tertiary/aromatic N) is 3. The SMILES string of the molecule is COc1cc2nc(C(F)(F)F)nc(NCc3c(C)n[nH]c3C)c2cc1OC. The van der Waals surface area contributed by atoms with Gasteiger partial charge in [0.05, 0.1) is 25.4 Å². The summed E-state index contributed by atoms with van der Waals surface area (Å²) in [5.74, 6) is -0.532. The summed E-state index contributed by atoms with van der Waals surface area (Å²) in [6, 6.07) is 2.94. The van der Waals surface area contributed by atoms with Crippen molar-refractivity contribution in [3.05, 3.63) is 34.9 Å². The Balaban J connectivity index is 2.12. The van der Waals surface area contributed by atoms with Crippen LogP contribution in [0.4, 0.5) is 19.0 Å². The lowest BCUT2D eigenvalue weighted by Gasteiger charge is -2.15. The fourth-order valence-electron chi connectivity index (χ4n) is 2.72. The third kappa shape index (κ3) is 3.60. The first-order valence-corrected chi connectivity index (χ1v) is 8.00. The van der Waals surface area contributed by atoms with E-state index in [0.29, 0.717) is 11.1 Å². The van der Waals surface area contributed by atoms with Gasteiger partial charge in [-0.2, -0.15) is 18.3 Å². The highest BCUT2D eigenvalue weighted by molar-refractivity contribution is 5.91. The molecule has 10 heteroatoms. The Kier molecular flexibility index (Phi) is 4.81. The van der Waals surface area contributed by atoms with E-state index >= 15 is 0 Å². The van der Waals surface area contributed by atoms with Crippen molar-refractivity contribution in [3.63, 3.8) is 0 Å². The minimum absolute atomic E-state index is 0.0493. The van der Waals surface area contributed by atoms with Crippen molar-refractivity contribution in [1.29, 1.82) is 0 Å². The molecule has 3 rings (SSSR count). The standard InChI is InChI=1S/C17H18F3N5O2/c1-8-11(9(2)25-24-8)7-21-15-10-5-13(26-3)14(27-4)6-12(10)22-16(23-15)17(18,19)20/h5-6H,7H2,1-4H3,(H,24,25)(H,21,22,23). The highest BCUT2D eigenvalue weighted by atomic mass is 19.4. The predicted octanol–water partition coefficient (Wildman–Crippen LogP) is 3.62. The number of alkyl halides is 3. The number of nitrogens with one attached hydrogen (secondary N) is 2. The van der Waals surface area contributed by atoms with Crippen molar-refractivity contribution in [2.45, 2.75) is 26.6 Å². The fourth-order valence-corrected chi connectivity index (χ4v) is 2.72. The predicted molar refractivity (Wildman–Crippen MR) is 93.0 cm³/mol. The van der Waals surface area contributed by atoms with Gasteiger partial charge in [0, 0.05) is 29.3 Å². The largest absolute Gasteiger partial charge is 0.493 e. The zero-order chi connectivity index (χ0) is 19.8. The highest BCUT2D eigenvalue weighted by Gasteiger charge is 2.35. The second kappa shape index (κ2) is 6.93. The van der Waals surface area contributed by atoms with Crippen LogP contribution in [0.3, 0.4) is 0 Å². The topological polar surface area (TPSA) is 85.0 Å². The number of aromatic amines is 1. The lowest BCUT2D eigenvalue weighted by Crippen LogP contribution is -2.14. The number of hydrogen-bond donors (Lipinski definition) is 2. The first-order valence-electron chi connectivity index (χ1n) is 8.00. The third-order valence-corrected chi connectivity index (χ3v) is 4.17. The molecule has 27 heavy (non-hydrogen) atoms. The van der Waals surface area contributed by atoms with Crippen molar-refractivity contribution < 1.29 is 22.6 Å². The average Bonchev–Trinajstić information content (AvgIpc) is 2.95. The van der Waals surface area contributed by atoms with Gasteiger partial charge in [-0.05, 0) is 19.9 Å². The quantitative estimate of drug-likeness (QED) is 0.702. The third-order valence-electron chi connectivity index (χ3n) is 4.17. The van der Waals surface area contributed by atoms with Gasteiger partial charge in [0.2, 0.25) is 5.82 Å². The summed E-state index contributed by atoms with van der Waals surface area (Å²) in [5.41, 5.74) is 2.54. The van der Waals surface area contributed by atoms with Crippen molar-refractivity contribution in [2.75, 3.05) is 19.5 Å². The molecule has 1 aromatic carbocycles. The Morgan fingerprint density at radius 2 is 1.74 bits per heavy atom. The number of rotatable bonds is 5. The summed E-state index contributed by atoms with van der Waals surface area (Å²) in [7, 11) is 2.85. The van der Waals surface area contributed by atoms with Crippen LogP contribution in [0, 0.1) is 13.8 Å². The van der Waals surface area contributed by atoms with Gasteiger partial charge in [0.1, 0.15) is 5.82 Å². The van der Waals surface area contributed by atoms with E-state index in [2.05, 4.69) is 25.5 Å². The normalized spacial score (nSPS) is 11.7. The van der Waals surface area contributed by atoms with E-state index < -0.39 is 12.0 Å². The molecule has 0 saturated heterocycles. The first-order chi connectivity index (χ1) is 12.7. The smallest absolute Gasteiger partial charge is 0.451 e. The van der Waals surface area contributed by atoms with Gasteiger partial charge in [-0.15, -0.1) is 0 Å². The zero-order valence-corrected chi connectivity index (χ0v) is 15.2. The maximum absolute atomic E-state index is 13.2. The average molecular weight is 381 g/mol. The first kappa shape index (κ1) is 18.7. The minimum Gasteiger partial charge on any atom is -0.493 e. The summed E-state index contributed by atoms with van der Waals surface area (Å²) in [4.78, 5) is 7.33. The number of hydrogen-bond acceptors (Lipinski definition) is 6. The Morgan fingerprint density at radius 1 is 1.07 bits per heavy atom. The van der Waals surface area contributed by atoms with E-state index in [1.165, 1.54) is 20.3 Å². The van der Waals surface area contributed by atoms with Crippen molar-refractivity contribution in [2.24, 2.45) is 0 Å². The van der Waals surface area contributed by atoms with E-state index in [1.807, 2.05) is 13.8 Å². The molecule has 0 saturated carbocycles. The van der Waals surface area contributed by atoms with Crippen LogP contribution >= 0.6 is 0 Å². The van der Waals surface area contributed by atoms with Crippen LogP contribution in [0.15, 0.2) is 12.1 Å². The second-order valence-corrected chi connectivity index (χ2v) is 5.88. The molecule has 7 nitrogen and oxygen atoms in total. The molecule has 3 aromatic rings. The number of fused-ring (bicyclic) bond motifs is 1. The molecule has 0 aliphatic rings. The Bertz CT molecular complexity index is 965.